The van der Waals surface area contributed by atoms with Crippen molar-refractivity contribution in [2.45, 2.75) is 24.9 Å². The summed E-state index contributed by atoms with van der Waals surface area (Å²) in [5.74, 6) is -1.61. The van der Waals surface area contributed by atoms with Crippen LogP contribution < -0.4 is 9.64 Å². The summed E-state index contributed by atoms with van der Waals surface area (Å²) in [5.41, 5.74) is -0.502. The third-order valence-corrected chi connectivity index (χ3v) is 8.73. The minimum atomic E-state index is -1.38. The standard InChI is InChI=1S/C27H27N3O6S/c1-29-8-10-30(11-9-29)26-28-18(13-37-26)27(35)7-6-14-16(12-27)24(33)20-21(22(14)31)25(34)19-15(23(20)32)4-3-5-17(19)36-2/h3-5,13,31,33,35H,6-12H2,1-2H3/t27-/m1/s1. The van der Waals surface area contributed by atoms with Crippen LogP contribution in [0, 0.1) is 0 Å². The zero-order valence-electron chi connectivity index (χ0n) is 20.6. The number of benzene rings is 2. The summed E-state index contributed by atoms with van der Waals surface area (Å²) in [7, 11) is 3.49. The number of methoxy groups -OCH3 is 1. The van der Waals surface area contributed by atoms with Gasteiger partial charge in [-0.2, -0.15) is 0 Å². The number of ether oxygens (including phenoxy) is 1. The average Bonchev–Trinajstić information content (AvgIpc) is 3.40. The van der Waals surface area contributed by atoms with Crippen molar-refractivity contribution in [3.05, 3.63) is 62.7 Å². The Hall–Kier alpha value is -3.47. The molecule has 0 spiro atoms. The number of rotatable bonds is 3. The minimum Gasteiger partial charge on any atom is -0.507 e. The summed E-state index contributed by atoms with van der Waals surface area (Å²) in [6.45, 7) is 3.58. The second kappa shape index (κ2) is 8.54. The van der Waals surface area contributed by atoms with Gasteiger partial charge in [0.1, 0.15) is 22.8 Å². The molecule has 2 aliphatic carbocycles. The number of aliphatic hydroxyl groups is 1. The molecule has 37 heavy (non-hydrogen) atoms. The summed E-state index contributed by atoms with van der Waals surface area (Å²) in [4.78, 5) is 36.1. The van der Waals surface area contributed by atoms with E-state index in [2.05, 4.69) is 16.8 Å². The fourth-order valence-electron chi connectivity index (χ4n) is 5.66. The number of phenols is 2. The highest BCUT2D eigenvalue weighted by Gasteiger charge is 2.44. The van der Waals surface area contributed by atoms with Crippen molar-refractivity contribution in [2.24, 2.45) is 0 Å². The fourth-order valence-corrected chi connectivity index (χ4v) is 6.63. The van der Waals surface area contributed by atoms with E-state index >= 15 is 0 Å². The molecule has 0 amide bonds. The number of fused-ring (bicyclic) bond motifs is 3. The van der Waals surface area contributed by atoms with E-state index in [1.165, 1.54) is 24.5 Å². The monoisotopic (exact) mass is 521 g/mol. The number of carbonyl (C=O) groups is 2. The van der Waals surface area contributed by atoms with E-state index in [0.717, 1.165) is 31.3 Å². The molecule has 10 heteroatoms. The van der Waals surface area contributed by atoms with Crippen molar-refractivity contribution < 1.29 is 29.6 Å². The first kappa shape index (κ1) is 23.9. The maximum Gasteiger partial charge on any atom is 0.202 e. The van der Waals surface area contributed by atoms with Crippen molar-refractivity contribution >= 4 is 28.0 Å². The lowest BCUT2D eigenvalue weighted by Crippen LogP contribution is -2.44. The van der Waals surface area contributed by atoms with Crippen molar-refractivity contribution in [1.29, 1.82) is 0 Å². The number of ketones is 2. The van der Waals surface area contributed by atoms with Crippen molar-refractivity contribution in [3.63, 3.8) is 0 Å². The van der Waals surface area contributed by atoms with Gasteiger partial charge in [-0.1, -0.05) is 12.1 Å². The molecule has 192 valence electrons. The van der Waals surface area contributed by atoms with Crippen LogP contribution in [0.25, 0.3) is 0 Å². The van der Waals surface area contributed by atoms with Gasteiger partial charge in [-0.05, 0) is 26.0 Å². The SMILES string of the molecule is COc1cccc2c1C(=O)c1c(O)c3c(c(O)c1C2=O)C[C@@](O)(c1csc(N2CCN(C)CC2)n1)CC3. The second-order valence-electron chi connectivity index (χ2n) is 9.96. The molecule has 0 bridgehead atoms. The average molecular weight is 522 g/mol. The Labute approximate surface area is 217 Å². The molecule has 2 aromatic carbocycles. The normalized spacial score (nSPS) is 21.4. The van der Waals surface area contributed by atoms with Gasteiger partial charge in [0, 0.05) is 54.7 Å². The van der Waals surface area contributed by atoms with Gasteiger partial charge in [0.05, 0.1) is 29.5 Å². The molecule has 0 unspecified atom stereocenters. The van der Waals surface area contributed by atoms with Gasteiger partial charge in [0.15, 0.2) is 10.9 Å². The van der Waals surface area contributed by atoms with Crippen LogP contribution in [0.4, 0.5) is 5.13 Å². The Kier molecular flexibility index (Phi) is 5.52. The first-order valence-electron chi connectivity index (χ1n) is 12.2. The van der Waals surface area contributed by atoms with Crippen LogP contribution in [0.1, 0.15) is 55.1 Å². The number of hydrogen-bond acceptors (Lipinski definition) is 10. The Morgan fingerprint density at radius 3 is 2.43 bits per heavy atom. The van der Waals surface area contributed by atoms with Crippen LogP contribution >= 0.6 is 11.3 Å². The highest BCUT2D eigenvalue weighted by Crippen LogP contribution is 2.50. The molecular weight excluding hydrogens is 494 g/mol. The minimum absolute atomic E-state index is 0.0344. The van der Waals surface area contributed by atoms with Crippen molar-refractivity contribution in [2.75, 3.05) is 45.2 Å². The molecule has 0 radical (unpaired) electrons. The number of aromatic hydroxyl groups is 2. The highest BCUT2D eigenvalue weighted by molar-refractivity contribution is 7.13. The van der Waals surface area contributed by atoms with Gasteiger partial charge in [-0.15, -0.1) is 11.3 Å². The van der Waals surface area contributed by atoms with Crippen LogP contribution in [0.2, 0.25) is 0 Å². The lowest BCUT2D eigenvalue weighted by atomic mass is 9.73. The van der Waals surface area contributed by atoms with E-state index in [4.69, 9.17) is 9.72 Å². The second-order valence-corrected chi connectivity index (χ2v) is 10.8. The van der Waals surface area contributed by atoms with Gasteiger partial charge >= 0.3 is 0 Å². The lowest BCUT2D eigenvalue weighted by Gasteiger charge is -2.35. The summed E-state index contributed by atoms with van der Waals surface area (Å²) < 4.78 is 5.29. The summed E-state index contributed by atoms with van der Waals surface area (Å²) >= 11 is 1.47. The van der Waals surface area contributed by atoms with E-state index in [-0.39, 0.29) is 64.3 Å². The van der Waals surface area contributed by atoms with Crippen molar-refractivity contribution in [3.8, 4) is 17.2 Å². The number of piperazine rings is 1. The van der Waals surface area contributed by atoms with E-state index in [0.29, 0.717) is 11.3 Å². The predicted octanol–water partition coefficient (Wildman–Crippen LogP) is 2.47. The van der Waals surface area contributed by atoms with Gasteiger partial charge < -0.3 is 29.9 Å². The maximum absolute atomic E-state index is 13.5. The molecule has 3 aliphatic rings. The molecule has 1 fully saturated rings. The van der Waals surface area contributed by atoms with Gasteiger partial charge in [-0.25, -0.2) is 4.98 Å². The first-order chi connectivity index (χ1) is 17.7. The Balaban J connectivity index is 1.39. The zero-order chi connectivity index (χ0) is 26.1. The molecule has 1 saturated heterocycles. The number of aromatic nitrogens is 1. The van der Waals surface area contributed by atoms with Gasteiger partial charge in [-0.3, -0.25) is 9.59 Å². The van der Waals surface area contributed by atoms with Crippen molar-refractivity contribution in [1.82, 2.24) is 9.88 Å². The van der Waals surface area contributed by atoms with Crippen LogP contribution in [-0.2, 0) is 18.4 Å². The maximum atomic E-state index is 13.5. The number of carbonyl (C=O) groups excluding carboxylic acids is 2. The lowest BCUT2D eigenvalue weighted by molar-refractivity contribution is 0.0175. The highest BCUT2D eigenvalue weighted by atomic mass is 32.1. The third-order valence-electron chi connectivity index (χ3n) is 7.83. The zero-order valence-corrected chi connectivity index (χ0v) is 21.4. The molecule has 3 aromatic rings. The topological polar surface area (TPSA) is 123 Å². The summed E-state index contributed by atoms with van der Waals surface area (Å²) in [6.07, 6.45) is 0.424. The molecule has 1 aliphatic heterocycles. The van der Waals surface area contributed by atoms with E-state index < -0.39 is 17.2 Å². The van der Waals surface area contributed by atoms with E-state index in [1.54, 1.807) is 12.1 Å². The smallest absolute Gasteiger partial charge is 0.202 e. The van der Waals surface area contributed by atoms with Crippen LogP contribution in [0.3, 0.4) is 0 Å². The van der Waals surface area contributed by atoms with Gasteiger partial charge in [0.2, 0.25) is 5.78 Å². The molecule has 0 saturated carbocycles. The molecule has 1 atom stereocenters. The number of anilines is 1. The number of hydrogen-bond donors (Lipinski definition) is 3. The largest absolute Gasteiger partial charge is 0.507 e. The number of nitrogens with zero attached hydrogens (tertiary/aromatic N) is 3. The fraction of sp³-hybridized carbons (Fsp3) is 0.370. The molecule has 1 aromatic heterocycles. The van der Waals surface area contributed by atoms with E-state index in [1.807, 2.05) is 5.38 Å². The Morgan fingerprint density at radius 2 is 1.70 bits per heavy atom. The molecular formula is C27H27N3O6S. The molecule has 9 nitrogen and oxygen atoms in total. The Morgan fingerprint density at radius 1 is 1.00 bits per heavy atom. The molecule has 2 heterocycles. The first-order valence-corrected chi connectivity index (χ1v) is 13.1. The number of phenolic OH excluding ortho intramolecular Hbond substituents is 2. The predicted molar refractivity (Wildman–Crippen MR) is 137 cm³/mol. The van der Waals surface area contributed by atoms with E-state index in [9.17, 15) is 24.9 Å². The molecule has 3 N–H and O–H groups in total. The summed E-state index contributed by atoms with van der Waals surface area (Å²) in [5, 5.41) is 36.8. The van der Waals surface area contributed by atoms with Gasteiger partial charge in [0.25, 0.3) is 0 Å². The molecule has 6 rings (SSSR count). The third kappa shape index (κ3) is 3.54. The summed E-state index contributed by atoms with van der Waals surface area (Å²) in [6, 6.07) is 4.68. The van der Waals surface area contributed by atoms with Crippen LogP contribution in [0.5, 0.6) is 17.2 Å². The quantitative estimate of drug-likeness (QED) is 0.349. The van der Waals surface area contributed by atoms with Crippen LogP contribution in [0.15, 0.2) is 23.6 Å². The van der Waals surface area contributed by atoms with Crippen LogP contribution in [-0.4, -0.2) is 77.1 Å². The Bertz CT molecular complexity index is 1460. The number of likely N-dealkylation sites (N-methyl/N-ethyl adjacent to an activating group) is 1. The number of thiazole rings is 1.